The summed E-state index contributed by atoms with van der Waals surface area (Å²) in [4.78, 5) is 17.5. The molecule has 0 radical (unpaired) electrons. The van der Waals surface area contributed by atoms with Gasteiger partial charge in [0.15, 0.2) is 0 Å². The van der Waals surface area contributed by atoms with Gasteiger partial charge in [0, 0.05) is 39.3 Å². The normalized spacial score (nSPS) is 26.1. The van der Waals surface area contributed by atoms with Crippen LogP contribution in [0.4, 0.5) is 0 Å². The van der Waals surface area contributed by atoms with Crippen molar-refractivity contribution in [2.24, 2.45) is 0 Å². The van der Waals surface area contributed by atoms with Gasteiger partial charge in [-0.2, -0.15) is 0 Å². The monoisotopic (exact) mass is 424 g/mol. The Balaban J connectivity index is 1.75. The number of halogens is 2. The maximum Gasteiger partial charge on any atom is 0.227 e. The van der Waals surface area contributed by atoms with Crippen LogP contribution in [-0.4, -0.2) is 61.1 Å². The third-order valence-corrected chi connectivity index (χ3v) is 6.84. The van der Waals surface area contributed by atoms with E-state index in [1.54, 1.807) is 19.2 Å². The number of methoxy groups -OCH3 is 1. The summed E-state index contributed by atoms with van der Waals surface area (Å²) in [5.74, 6) is 0.120. The third kappa shape index (κ3) is 5.29. The van der Waals surface area contributed by atoms with Gasteiger partial charge in [-0.05, 0) is 37.0 Å². The number of amides is 1. The molecule has 3 rings (SSSR count). The Morgan fingerprint density at radius 1 is 1.18 bits per heavy atom. The number of benzene rings is 1. The Morgan fingerprint density at radius 3 is 2.57 bits per heavy atom. The molecular weight excluding hydrogens is 395 g/mol. The lowest BCUT2D eigenvalue weighted by molar-refractivity contribution is -0.133. The minimum absolute atomic E-state index is 0.120. The number of ether oxygens (including phenoxy) is 1. The number of nitrogens with zero attached hydrogens (tertiary/aromatic N) is 2. The summed E-state index contributed by atoms with van der Waals surface area (Å²) in [6, 6.07) is 5.91. The molecule has 3 atom stereocenters. The van der Waals surface area contributed by atoms with Crippen LogP contribution in [0.15, 0.2) is 30.4 Å². The van der Waals surface area contributed by atoms with Gasteiger partial charge in [-0.3, -0.25) is 9.69 Å². The lowest BCUT2D eigenvalue weighted by Crippen LogP contribution is -2.54. The molecule has 6 heteroatoms. The second kappa shape index (κ2) is 10.1. The van der Waals surface area contributed by atoms with Crippen LogP contribution in [0.25, 0.3) is 0 Å². The molecule has 154 valence electrons. The molecule has 1 aliphatic carbocycles. The largest absolute Gasteiger partial charge is 0.381 e. The highest BCUT2D eigenvalue weighted by Gasteiger charge is 2.35. The Hall–Kier alpha value is -1.07. The van der Waals surface area contributed by atoms with Gasteiger partial charge in [0.2, 0.25) is 5.91 Å². The zero-order valence-corrected chi connectivity index (χ0v) is 18.3. The number of carbonyl (C=O) groups excluding carboxylic acids is 1. The minimum Gasteiger partial charge on any atom is -0.381 e. The molecule has 2 aliphatic rings. The second-order valence-corrected chi connectivity index (χ2v) is 8.68. The van der Waals surface area contributed by atoms with E-state index in [1.807, 2.05) is 18.0 Å². The standard InChI is InChI=1S/C22H30Cl2N2O2/c1-25(22(27)14-16-9-10-18(23)19(24)13-16)20-8-4-3-7-17(28-2)15-21(20)26-11-5-6-12-26/h5-6,9-10,13,17,20-21H,3-4,7-8,11-12,14-15H2,1-2H3. The van der Waals surface area contributed by atoms with Crippen molar-refractivity contribution in [2.75, 3.05) is 27.2 Å². The van der Waals surface area contributed by atoms with E-state index in [0.29, 0.717) is 22.5 Å². The lowest BCUT2D eigenvalue weighted by Gasteiger charge is -2.42. The molecule has 1 amide bonds. The van der Waals surface area contributed by atoms with Crippen LogP contribution in [-0.2, 0) is 16.0 Å². The number of carbonyl (C=O) groups is 1. The van der Waals surface area contributed by atoms with Crippen LogP contribution in [0, 0.1) is 0 Å². The van der Waals surface area contributed by atoms with E-state index in [9.17, 15) is 4.79 Å². The van der Waals surface area contributed by atoms with Gasteiger partial charge in [0.25, 0.3) is 0 Å². The van der Waals surface area contributed by atoms with Crippen molar-refractivity contribution >= 4 is 29.1 Å². The fourth-order valence-electron chi connectivity index (χ4n) is 4.42. The van der Waals surface area contributed by atoms with E-state index in [0.717, 1.165) is 50.8 Å². The quantitative estimate of drug-likeness (QED) is 0.648. The molecule has 1 heterocycles. The Morgan fingerprint density at radius 2 is 1.89 bits per heavy atom. The van der Waals surface area contributed by atoms with Gasteiger partial charge in [-0.1, -0.05) is 54.3 Å². The third-order valence-electron chi connectivity index (χ3n) is 6.10. The first-order valence-corrected chi connectivity index (χ1v) is 10.9. The summed E-state index contributed by atoms with van der Waals surface area (Å²) in [6.45, 7) is 1.90. The van der Waals surface area contributed by atoms with Crippen LogP contribution in [0.5, 0.6) is 0 Å². The second-order valence-electron chi connectivity index (χ2n) is 7.87. The maximum absolute atomic E-state index is 13.1. The summed E-state index contributed by atoms with van der Waals surface area (Å²) in [7, 11) is 3.75. The van der Waals surface area contributed by atoms with Crippen LogP contribution in [0.3, 0.4) is 0 Å². The van der Waals surface area contributed by atoms with Crippen molar-refractivity contribution in [1.29, 1.82) is 0 Å². The van der Waals surface area contributed by atoms with Crippen molar-refractivity contribution in [1.82, 2.24) is 9.80 Å². The first-order valence-electron chi connectivity index (χ1n) is 10.1. The molecule has 28 heavy (non-hydrogen) atoms. The molecule has 1 saturated carbocycles. The summed E-state index contributed by atoms with van der Waals surface area (Å²) in [5, 5.41) is 1.00. The fraction of sp³-hybridized carbons (Fsp3) is 0.591. The molecular formula is C22H30Cl2N2O2. The van der Waals surface area contributed by atoms with Crippen molar-refractivity contribution in [3.05, 3.63) is 46.0 Å². The Bertz CT molecular complexity index is 702. The van der Waals surface area contributed by atoms with Crippen molar-refractivity contribution in [2.45, 2.75) is 56.7 Å². The highest BCUT2D eigenvalue weighted by molar-refractivity contribution is 6.42. The van der Waals surface area contributed by atoms with Crippen LogP contribution in [0.2, 0.25) is 10.0 Å². The van der Waals surface area contributed by atoms with E-state index >= 15 is 0 Å². The molecule has 0 spiro atoms. The van der Waals surface area contributed by atoms with Gasteiger partial charge in [0.05, 0.1) is 22.6 Å². The zero-order valence-electron chi connectivity index (χ0n) is 16.7. The highest BCUT2D eigenvalue weighted by atomic mass is 35.5. The average molecular weight is 425 g/mol. The molecule has 0 saturated heterocycles. The van der Waals surface area contributed by atoms with Gasteiger partial charge < -0.3 is 9.64 Å². The Kier molecular flexibility index (Phi) is 7.81. The predicted octanol–water partition coefficient (Wildman–Crippen LogP) is 4.58. The molecule has 1 aromatic rings. The highest BCUT2D eigenvalue weighted by Crippen LogP contribution is 2.29. The van der Waals surface area contributed by atoms with Crippen LogP contribution in [0.1, 0.15) is 37.7 Å². The molecule has 0 aromatic heterocycles. The molecule has 0 bridgehead atoms. The van der Waals surface area contributed by atoms with Crippen LogP contribution >= 0.6 is 23.2 Å². The van der Waals surface area contributed by atoms with E-state index in [1.165, 1.54) is 0 Å². The maximum atomic E-state index is 13.1. The number of hydrogen-bond donors (Lipinski definition) is 0. The number of hydrogen-bond acceptors (Lipinski definition) is 3. The van der Waals surface area contributed by atoms with E-state index in [4.69, 9.17) is 27.9 Å². The Labute approximate surface area is 178 Å². The molecule has 4 nitrogen and oxygen atoms in total. The van der Waals surface area contributed by atoms with Gasteiger partial charge in [-0.25, -0.2) is 0 Å². The molecule has 0 N–H and O–H groups in total. The smallest absolute Gasteiger partial charge is 0.227 e. The number of likely N-dealkylation sites (N-methyl/N-ethyl adjacent to an activating group) is 1. The van der Waals surface area contributed by atoms with E-state index in [2.05, 4.69) is 17.1 Å². The van der Waals surface area contributed by atoms with Crippen molar-refractivity contribution < 1.29 is 9.53 Å². The van der Waals surface area contributed by atoms with Gasteiger partial charge >= 0.3 is 0 Å². The number of rotatable bonds is 5. The van der Waals surface area contributed by atoms with Crippen molar-refractivity contribution in [3.63, 3.8) is 0 Å². The van der Waals surface area contributed by atoms with Crippen molar-refractivity contribution in [3.8, 4) is 0 Å². The SMILES string of the molecule is COC1CCCCC(N(C)C(=O)Cc2ccc(Cl)c(Cl)c2)C(N2CC=CC2)C1. The average Bonchev–Trinajstić information content (AvgIpc) is 3.19. The zero-order chi connectivity index (χ0) is 20.1. The lowest BCUT2D eigenvalue weighted by atomic mass is 9.88. The summed E-state index contributed by atoms with van der Waals surface area (Å²) >= 11 is 12.1. The summed E-state index contributed by atoms with van der Waals surface area (Å²) in [6.07, 6.45) is 10.4. The van der Waals surface area contributed by atoms with Gasteiger partial charge in [-0.15, -0.1) is 0 Å². The first kappa shape index (κ1) is 21.6. The van der Waals surface area contributed by atoms with E-state index < -0.39 is 0 Å². The topological polar surface area (TPSA) is 32.8 Å². The minimum atomic E-state index is 0.120. The van der Waals surface area contributed by atoms with E-state index in [-0.39, 0.29) is 18.1 Å². The molecule has 1 aliphatic heterocycles. The molecule has 3 unspecified atom stereocenters. The fourth-order valence-corrected chi connectivity index (χ4v) is 4.74. The predicted molar refractivity (Wildman–Crippen MR) is 115 cm³/mol. The summed E-state index contributed by atoms with van der Waals surface area (Å²) in [5.41, 5.74) is 0.895. The molecule has 1 fully saturated rings. The molecule has 1 aromatic carbocycles. The first-order chi connectivity index (χ1) is 13.5. The van der Waals surface area contributed by atoms with Crippen LogP contribution < -0.4 is 0 Å². The summed E-state index contributed by atoms with van der Waals surface area (Å²) < 4.78 is 5.75. The van der Waals surface area contributed by atoms with Gasteiger partial charge in [0.1, 0.15) is 0 Å².